The van der Waals surface area contributed by atoms with Crippen LogP contribution in [0.1, 0.15) is 25.3 Å². The predicted octanol–water partition coefficient (Wildman–Crippen LogP) is 2.99. The number of aliphatic imine (C=N–C) groups is 1. The molecule has 1 aromatic carbocycles. The average Bonchev–Trinajstić information content (AvgIpc) is 2.37. The first-order valence-corrected chi connectivity index (χ1v) is 6.44. The van der Waals surface area contributed by atoms with Crippen LogP contribution in [0.15, 0.2) is 29.3 Å². The molecule has 0 atom stereocenters. The molecule has 2 rings (SSSR count). The Morgan fingerprint density at radius 1 is 1.42 bits per heavy atom. The highest BCUT2D eigenvalue weighted by Crippen LogP contribution is 2.15. The molecule has 0 aliphatic carbocycles. The van der Waals surface area contributed by atoms with Crippen LogP contribution in [0, 0.1) is 11.7 Å². The number of benzene rings is 1. The minimum absolute atomic E-state index is 0. The van der Waals surface area contributed by atoms with E-state index in [4.69, 9.17) is 5.73 Å². The number of piperidine rings is 1. The van der Waals surface area contributed by atoms with Crippen molar-refractivity contribution in [2.24, 2.45) is 16.6 Å². The summed E-state index contributed by atoms with van der Waals surface area (Å²) in [6.07, 6.45) is 2.33. The van der Waals surface area contributed by atoms with Crippen molar-refractivity contribution in [1.82, 2.24) is 4.90 Å². The third kappa shape index (κ3) is 4.97. The lowest BCUT2D eigenvalue weighted by Gasteiger charge is -2.31. The fraction of sp³-hybridized carbons (Fsp3) is 0.500. The van der Waals surface area contributed by atoms with E-state index in [1.165, 1.54) is 12.1 Å². The van der Waals surface area contributed by atoms with Gasteiger partial charge in [-0.15, -0.1) is 24.0 Å². The number of nitrogens with two attached hydrogens (primary N) is 1. The molecule has 5 heteroatoms. The van der Waals surface area contributed by atoms with Crippen LogP contribution < -0.4 is 5.73 Å². The molecule has 1 aliphatic heterocycles. The molecule has 106 valence electrons. The zero-order chi connectivity index (χ0) is 13.0. The summed E-state index contributed by atoms with van der Waals surface area (Å²) in [5, 5.41) is 0. The van der Waals surface area contributed by atoms with E-state index in [2.05, 4.69) is 16.8 Å². The van der Waals surface area contributed by atoms with Crippen LogP contribution in [0.5, 0.6) is 0 Å². The summed E-state index contributed by atoms with van der Waals surface area (Å²) in [5.74, 6) is 1.12. The predicted molar refractivity (Wildman–Crippen MR) is 87.1 cm³/mol. The lowest BCUT2D eigenvalue weighted by molar-refractivity contribution is 0.277. The van der Waals surface area contributed by atoms with Crippen molar-refractivity contribution in [3.05, 3.63) is 35.6 Å². The third-order valence-corrected chi connectivity index (χ3v) is 3.42. The number of hydrogen-bond donors (Lipinski definition) is 1. The van der Waals surface area contributed by atoms with E-state index in [0.717, 1.165) is 37.4 Å². The second-order valence-electron chi connectivity index (χ2n) is 4.97. The normalized spacial score (nSPS) is 17.2. The molecular weight excluding hydrogens is 356 g/mol. The summed E-state index contributed by atoms with van der Waals surface area (Å²) in [7, 11) is 0. The summed E-state index contributed by atoms with van der Waals surface area (Å²) in [6, 6.07) is 6.48. The van der Waals surface area contributed by atoms with E-state index >= 15 is 0 Å². The van der Waals surface area contributed by atoms with E-state index < -0.39 is 0 Å². The molecule has 0 spiro atoms. The number of guanidine groups is 1. The number of hydrogen-bond acceptors (Lipinski definition) is 1. The van der Waals surface area contributed by atoms with Gasteiger partial charge in [-0.2, -0.15) is 0 Å². The van der Waals surface area contributed by atoms with Gasteiger partial charge in [-0.25, -0.2) is 9.38 Å². The Morgan fingerprint density at radius 2 is 2.11 bits per heavy atom. The fourth-order valence-corrected chi connectivity index (χ4v) is 2.15. The minimum atomic E-state index is -0.229. The van der Waals surface area contributed by atoms with Crippen molar-refractivity contribution < 1.29 is 4.39 Å². The Labute approximate surface area is 131 Å². The first-order chi connectivity index (χ1) is 8.65. The van der Waals surface area contributed by atoms with Crippen molar-refractivity contribution in [3.63, 3.8) is 0 Å². The molecule has 1 heterocycles. The molecule has 1 saturated heterocycles. The fourth-order valence-electron chi connectivity index (χ4n) is 2.15. The molecule has 0 saturated carbocycles. The van der Waals surface area contributed by atoms with Gasteiger partial charge in [0.15, 0.2) is 5.96 Å². The second-order valence-corrected chi connectivity index (χ2v) is 4.97. The van der Waals surface area contributed by atoms with Crippen molar-refractivity contribution in [2.45, 2.75) is 26.3 Å². The van der Waals surface area contributed by atoms with E-state index in [-0.39, 0.29) is 29.8 Å². The first kappa shape index (κ1) is 16.2. The molecule has 1 aromatic rings. The number of likely N-dealkylation sites (tertiary alicyclic amines) is 1. The van der Waals surface area contributed by atoms with Crippen molar-refractivity contribution in [2.75, 3.05) is 13.1 Å². The summed E-state index contributed by atoms with van der Waals surface area (Å²) in [5.41, 5.74) is 6.81. The molecular formula is C14H21FIN3. The molecule has 1 fully saturated rings. The van der Waals surface area contributed by atoms with Gasteiger partial charge in [0.25, 0.3) is 0 Å². The number of halogens is 2. The first-order valence-electron chi connectivity index (χ1n) is 6.44. The Morgan fingerprint density at radius 3 is 2.74 bits per heavy atom. The minimum Gasteiger partial charge on any atom is -0.370 e. The Hall–Kier alpha value is -0.850. The maximum absolute atomic E-state index is 13.0. The van der Waals surface area contributed by atoms with Gasteiger partial charge in [-0.1, -0.05) is 19.1 Å². The maximum atomic E-state index is 13.0. The van der Waals surface area contributed by atoms with E-state index in [1.807, 2.05) is 6.07 Å². The quantitative estimate of drug-likeness (QED) is 0.489. The molecule has 0 radical (unpaired) electrons. The van der Waals surface area contributed by atoms with Gasteiger partial charge in [0.05, 0.1) is 6.54 Å². The summed E-state index contributed by atoms with van der Waals surface area (Å²) < 4.78 is 13.0. The van der Waals surface area contributed by atoms with Gasteiger partial charge >= 0.3 is 0 Å². The number of rotatable bonds is 2. The second kappa shape index (κ2) is 7.67. The summed E-state index contributed by atoms with van der Waals surface area (Å²) in [6.45, 7) is 4.65. The zero-order valence-corrected chi connectivity index (χ0v) is 13.5. The molecule has 0 unspecified atom stereocenters. The van der Waals surface area contributed by atoms with Gasteiger partial charge in [0.1, 0.15) is 5.82 Å². The lowest BCUT2D eigenvalue weighted by Crippen LogP contribution is -2.42. The molecule has 2 N–H and O–H groups in total. The average molecular weight is 377 g/mol. The van der Waals surface area contributed by atoms with Gasteiger partial charge in [0, 0.05) is 13.1 Å². The summed E-state index contributed by atoms with van der Waals surface area (Å²) in [4.78, 5) is 6.45. The molecule has 19 heavy (non-hydrogen) atoms. The Balaban J connectivity index is 0.00000180. The van der Waals surface area contributed by atoms with Gasteiger partial charge in [-0.3, -0.25) is 0 Å². The van der Waals surface area contributed by atoms with Crippen molar-refractivity contribution in [1.29, 1.82) is 0 Å². The van der Waals surface area contributed by atoms with E-state index in [1.54, 1.807) is 6.07 Å². The molecule has 1 aliphatic rings. The summed E-state index contributed by atoms with van der Waals surface area (Å²) >= 11 is 0. The Bertz CT molecular complexity index is 428. The van der Waals surface area contributed by atoms with Crippen LogP contribution in [0.2, 0.25) is 0 Å². The van der Waals surface area contributed by atoms with Gasteiger partial charge < -0.3 is 10.6 Å². The highest BCUT2D eigenvalue weighted by molar-refractivity contribution is 14.0. The molecule has 0 amide bonds. The van der Waals surface area contributed by atoms with Gasteiger partial charge in [-0.05, 0) is 36.5 Å². The SMILES string of the molecule is CC1CCN(C(N)=NCc2cccc(F)c2)CC1.I. The maximum Gasteiger partial charge on any atom is 0.191 e. The van der Waals surface area contributed by atoms with Crippen LogP contribution >= 0.6 is 24.0 Å². The van der Waals surface area contributed by atoms with Crippen LogP contribution in [-0.4, -0.2) is 23.9 Å². The molecule has 0 aromatic heterocycles. The topological polar surface area (TPSA) is 41.6 Å². The van der Waals surface area contributed by atoms with Crippen LogP contribution in [0.4, 0.5) is 4.39 Å². The largest absolute Gasteiger partial charge is 0.370 e. The van der Waals surface area contributed by atoms with Crippen molar-refractivity contribution in [3.8, 4) is 0 Å². The smallest absolute Gasteiger partial charge is 0.191 e. The molecule has 0 bridgehead atoms. The zero-order valence-electron chi connectivity index (χ0n) is 11.2. The van der Waals surface area contributed by atoms with E-state index in [0.29, 0.717) is 12.5 Å². The van der Waals surface area contributed by atoms with Crippen LogP contribution in [-0.2, 0) is 6.54 Å². The third-order valence-electron chi connectivity index (χ3n) is 3.42. The highest BCUT2D eigenvalue weighted by Gasteiger charge is 2.16. The highest BCUT2D eigenvalue weighted by atomic mass is 127. The van der Waals surface area contributed by atoms with Gasteiger partial charge in [0.2, 0.25) is 0 Å². The van der Waals surface area contributed by atoms with E-state index in [9.17, 15) is 4.39 Å². The lowest BCUT2D eigenvalue weighted by atomic mass is 10.00. The molecule has 3 nitrogen and oxygen atoms in total. The number of nitrogens with zero attached hydrogens (tertiary/aromatic N) is 2. The van der Waals surface area contributed by atoms with Crippen molar-refractivity contribution >= 4 is 29.9 Å². The van der Waals surface area contributed by atoms with Crippen LogP contribution in [0.3, 0.4) is 0 Å². The Kier molecular flexibility index (Phi) is 6.54. The standard InChI is InChI=1S/C14H20FN3.HI/c1-11-5-7-18(8-6-11)14(16)17-10-12-3-2-4-13(15)9-12;/h2-4,9,11H,5-8,10H2,1H3,(H2,16,17);1H. The van der Waals surface area contributed by atoms with Crippen LogP contribution in [0.25, 0.3) is 0 Å². The monoisotopic (exact) mass is 377 g/mol.